The van der Waals surface area contributed by atoms with E-state index in [-0.39, 0.29) is 11.9 Å². The molecule has 2 aliphatic heterocycles. The third-order valence-corrected chi connectivity index (χ3v) is 6.61. The van der Waals surface area contributed by atoms with E-state index in [4.69, 9.17) is 9.47 Å². The van der Waals surface area contributed by atoms with Crippen LogP contribution >= 0.6 is 0 Å². The summed E-state index contributed by atoms with van der Waals surface area (Å²) in [5.41, 5.74) is 2.88. The Morgan fingerprint density at radius 2 is 1.74 bits per heavy atom. The quantitative estimate of drug-likeness (QED) is 0.520. The molecule has 0 radical (unpaired) electrons. The number of ether oxygens (including phenoxy) is 2. The second kappa shape index (κ2) is 10.4. The first-order valence-corrected chi connectivity index (χ1v) is 12.1. The molecule has 1 aliphatic carbocycles. The molecule has 4 rings (SSSR count). The first-order valence-electron chi connectivity index (χ1n) is 12.1. The Hall–Kier alpha value is -2.21. The molecule has 0 unspecified atom stereocenters. The molecule has 3 N–H and O–H groups in total. The van der Waals surface area contributed by atoms with Crippen LogP contribution in [0.5, 0.6) is 11.5 Å². The van der Waals surface area contributed by atoms with Crippen molar-refractivity contribution in [3.8, 4) is 11.5 Å². The highest BCUT2D eigenvalue weighted by Gasteiger charge is 2.40. The molecule has 3 aliphatic rings. The van der Waals surface area contributed by atoms with Gasteiger partial charge >= 0.3 is 0 Å². The van der Waals surface area contributed by atoms with Gasteiger partial charge in [-0.05, 0) is 37.8 Å². The van der Waals surface area contributed by atoms with Crippen molar-refractivity contribution in [1.29, 1.82) is 0 Å². The van der Waals surface area contributed by atoms with Gasteiger partial charge in [-0.3, -0.25) is 4.79 Å². The lowest BCUT2D eigenvalue weighted by Crippen LogP contribution is -2.49. The Labute approximate surface area is 186 Å². The lowest BCUT2D eigenvalue weighted by molar-refractivity contribution is -0.117. The van der Waals surface area contributed by atoms with Gasteiger partial charge < -0.3 is 25.4 Å². The van der Waals surface area contributed by atoms with E-state index >= 15 is 0 Å². The zero-order chi connectivity index (χ0) is 21.6. The highest BCUT2D eigenvalue weighted by atomic mass is 16.5. The maximum Gasteiger partial charge on any atom is 0.251 e. The van der Waals surface area contributed by atoms with Gasteiger partial charge in [-0.25, -0.2) is 0 Å². The van der Waals surface area contributed by atoms with E-state index in [0.717, 1.165) is 66.9 Å². The Bertz CT molecular complexity index is 807. The number of fused-ring (bicyclic) bond motifs is 1. The van der Waals surface area contributed by atoms with Crippen LogP contribution in [-0.4, -0.2) is 37.7 Å². The summed E-state index contributed by atoms with van der Waals surface area (Å²) in [4.78, 5) is 12.8. The normalized spacial score (nSPS) is 25.2. The number of nitrogens with one attached hydrogen (secondary N) is 3. The number of carbonyl (C=O) groups is 1. The Morgan fingerprint density at radius 3 is 2.52 bits per heavy atom. The fourth-order valence-corrected chi connectivity index (χ4v) is 4.83. The summed E-state index contributed by atoms with van der Waals surface area (Å²) >= 11 is 0. The maximum absolute atomic E-state index is 12.8. The molecule has 0 bridgehead atoms. The van der Waals surface area contributed by atoms with Crippen molar-refractivity contribution in [2.24, 2.45) is 0 Å². The van der Waals surface area contributed by atoms with Gasteiger partial charge in [0.2, 0.25) is 0 Å². The van der Waals surface area contributed by atoms with Gasteiger partial charge in [0.15, 0.2) is 0 Å². The first-order chi connectivity index (χ1) is 15.2. The predicted octanol–water partition coefficient (Wildman–Crippen LogP) is 3.97. The average Bonchev–Trinajstić information content (AvgIpc) is 3.04. The van der Waals surface area contributed by atoms with E-state index in [9.17, 15) is 4.79 Å². The number of hydrogen-bond acceptors (Lipinski definition) is 5. The summed E-state index contributed by atoms with van der Waals surface area (Å²) in [5.74, 6) is 1.67. The van der Waals surface area contributed by atoms with E-state index in [1.807, 2.05) is 12.1 Å². The van der Waals surface area contributed by atoms with Gasteiger partial charge in [0, 0.05) is 29.4 Å². The standard InChI is InChI=1S/C25H37N3O3/c1-3-5-13-30-17-11-12-18(22(15-17)31-14-6-4-2)24-23-21(16-26-25(23)29)27-19-9-7-8-10-20(19)28-24/h11-12,15,19-20,24,27-28H,3-10,13-14,16H2,1-2H3,(H,26,29)/t19-,20-,24-/m1/s1. The van der Waals surface area contributed by atoms with Gasteiger partial charge in [-0.2, -0.15) is 0 Å². The predicted molar refractivity (Wildman–Crippen MR) is 122 cm³/mol. The molecule has 6 nitrogen and oxygen atoms in total. The van der Waals surface area contributed by atoms with Gasteiger partial charge in [-0.1, -0.05) is 39.5 Å². The van der Waals surface area contributed by atoms with Crippen molar-refractivity contribution in [1.82, 2.24) is 16.0 Å². The minimum Gasteiger partial charge on any atom is -0.493 e. The molecular formula is C25H37N3O3. The summed E-state index contributed by atoms with van der Waals surface area (Å²) in [5, 5.41) is 10.6. The summed E-state index contributed by atoms with van der Waals surface area (Å²) in [6, 6.07) is 6.65. The minimum atomic E-state index is -0.181. The number of benzene rings is 1. The van der Waals surface area contributed by atoms with Crippen molar-refractivity contribution in [2.75, 3.05) is 19.8 Å². The van der Waals surface area contributed by atoms with E-state index in [2.05, 4.69) is 35.9 Å². The molecular weight excluding hydrogens is 390 g/mol. The fraction of sp³-hybridized carbons (Fsp3) is 0.640. The van der Waals surface area contributed by atoms with Crippen molar-refractivity contribution < 1.29 is 14.3 Å². The van der Waals surface area contributed by atoms with Crippen LogP contribution in [0.4, 0.5) is 0 Å². The van der Waals surface area contributed by atoms with E-state index in [0.29, 0.717) is 31.8 Å². The number of hydrogen-bond donors (Lipinski definition) is 3. The molecule has 1 fully saturated rings. The summed E-state index contributed by atoms with van der Waals surface area (Å²) in [7, 11) is 0. The molecule has 3 atom stereocenters. The SMILES string of the molecule is CCCCOc1ccc([C@H]2N[C@@H]3CCCC[C@H]3NC3=C2C(=O)NC3)c(OCCCC)c1. The van der Waals surface area contributed by atoms with Crippen LogP contribution in [0.15, 0.2) is 29.5 Å². The lowest BCUT2D eigenvalue weighted by atomic mass is 9.89. The van der Waals surface area contributed by atoms with Crippen LogP contribution in [0, 0.1) is 0 Å². The summed E-state index contributed by atoms with van der Waals surface area (Å²) < 4.78 is 12.2. The van der Waals surface area contributed by atoms with Crippen LogP contribution in [0.1, 0.15) is 76.8 Å². The summed E-state index contributed by atoms with van der Waals surface area (Å²) in [6.07, 6.45) is 8.94. The molecule has 31 heavy (non-hydrogen) atoms. The Balaban J connectivity index is 1.67. The molecule has 6 heteroatoms. The maximum atomic E-state index is 12.8. The highest BCUT2D eigenvalue weighted by molar-refractivity contribution is 5.98. The van der Waals surface area contributed by atoms with Crippen LogP contribution in [-0.2, 0) is 4.79 Å². The van der Waals surface area contributed by atoms with Crippen molar-refractivity contribution in [3.63, 3.8) is 0 Å². The molecule has 1 saturated carbocycles. The number of carbonyl (C=O) groups excluding carboxylic acids is 1. The molecule has 1 aromatic rings. The Kier molecular flexibility index (Phi) is 7.38. The molecule has 0 aromatic heterocycles. The van der Waals surface area contributed by atoms with Crippen LogP contribution in [0.2, 0.25) is 0 Å². The van der Waals surface area contributed by atoms with E-state index in [1.165, 1.54) is 12.8 Å². The number of amides is 1. The smallest absolute Gasteiger partial charge is 0.251 e. The molecule has 0 spiro atoms. The van der Waals surface area contributed by atoms with Crippen molar-refractivity contribution in [2.45, 2.75) is 83.3 Å². The van der Waals surface area contributed by atoms with Gasteiger partial charge in [0.05, 0.1) is 31.4 Å². The molecule has 1 amide bonds. The monoisotopic (exact) mass is 427 g/mol. The zero-order valence-electron chi connectivity index (χ0n) is 19.0. The van der Waals surface area contributed by atoms with Crippen LogP contribution < -0.4 is 25.4 Å². The second-order valence-electron chi connectivity index (χ2n) is 8.92. The third kappa shape index (κ3) is 5.00. The lowest BCUT2D eigenvalue weighted by Gasteiger charge is -2.34. The second-order valence-corrected chi connectivity index (χ2v) is 8.92. The van der Waals surface area contributed by atoms with Crippen molar-refractivity contribution >= 4 is 5.91 Å². The fourth-order valence-electron chi connectivity index (χ4n) is 4.83. The number of unbranched alkanes of at least 4 members (excludes halogenated alkanes) is 2. The van der Waals surface area contributed by atoms with Gasteiger partial charge in [0.25, 0.3) is 5.91 Å². The van der Waals surface area contributed by atoms with Crippen LogP contribution in [0.3, 0.4) is 0 Å². The molecule has 1 aromatic carbocycles. The van der Waals surface area contributed by atoms with E-state index in [1.54, 1.807) is 0 Å². The average molecular weight is 428 g/mol. The number of rotatable bonds is 9. The largest absolute Gasteiger partial charge is 0.493 e. The van der Waals surface area contributed by atoms with Crippen molar-refractivity contribution in [3.05, 3.63) is 35.0 Å². The van der Waals surface area contributed by atoms with Crippen LogP contribution in [0.25, 0.3) is 0 Å². The molecule has 0 saturated heterocycles. The topological polar surface area (TPSA) is 71.6 Å². The summed E-state index contributed by atoms with van der Waals surface area (Å²) in [6.45, 7) is 6.28. The first kappa shape index (κ1) is 22.0. The zero-order valence-corrected chi connectivity index (χ0v) is 19.0. The van der Waals surface area contributed by atoms with Gasteiger partial charge in [-0.15, -0.1) is 0 Å². The Morgan fingerprint density at radius 1 is 1.00 bits per heavy atom. The third-order valence-electron chi connectivity index (χ3n) is 6.61. The van der Waals surface area contributed by atoms with Gasteiger partial charge in [0.1, 0.15) is 11.5 Å². The molecule has 170 valence electrons. The minimum absolute atomic E-state index is 0.0152. The molecule has 2 heterocycles. The van der Waals surface area contributed by atoms with E-state index < -0.39 is 0 Å². The highest BCUT2D eigenvalue weighted by Crippen LogP contribution is 2.38.